The van der Waals surface area contributed by atoms with Crippen LogP contribution in [0.3, 0.4) is 0 Å². The summed E-state index contributed by atoms with van der Waals surface area (Å²) in [5.41, 5.74) is 5.16. The van der Waals surface area contributed by atoms with Gasteiger partial charge in [-0.15, -0.1) is 0 Å². The standard InChI is InChI=1S/C10H18F3NO2/c1-9(2,3)7(14)4-6(5-8(15)16)10(11,12)13/h6-7H,4-5,14H2,1-3H3,(H,15,16)/t6-,7+/m1/s1. The van der Waals surface area contributed by atoms with Crippen molar-refractivity contribution in [1.82, 2.24) is 0 Å². The normalized spacial score (nSPS) is 16.9. The summed E-state index contributed by atoms with van der Waals surface area (Å²) in [6.45, 7) is 5.18. The number of hydrogen-bond acceptors (Lipinski definition) is 2. The topological polar surface area (TPSA) is 63.3 Å². The minimum Gasteiger partial charge on any atom is -0.481 e. The van der Waals surface area contributed by atoms with E-state index in [2.05, 4.69) is 0 Å². The maximum Gasteiger partial charge on any atom is 0.392 e. The third-order valence-electron chi connectivity index (χ3n) is 2.53. The molecule has 0 aromatic heterocycles. The summed E-state index contributed by atoms with van der Waals surface area (Å²) >= 11 is 0. The molecule has 96 valence electrons. The molecule has 0 unspecified atom stereocenters. The van der Waals surface area contributed by atoms with Crippen molar-refractivity contribution in [2.75, 3.05) is 0 Å². The Balaban J connectivity index is 4.62. The van der Waals surface area contributed by atoms with Crippen molar-refractivity contribution in [1.29, 1.82) is 0 Å². The fourth-order valence-electron chi connectivity index (χ4n) is 1.20. The van der Waals surface area contributed by atoms with Crippen LogP contribution in [0.1, 0.15) is 33.6 Å². The first kappa shape index (κ1) is 15.2. The maximum absolute atomic E-state index is 12.5. The lowest BCUT2D eigenvalue weighted by Gasteiger charge is -2.30. The van der Waals surface area contributed by atoms with Crippen molar-refractivity contribution < 1.29 is 23.1 Å². The maximum atomic E-state index is 12.5. The van der Waals surface area contributed by atoms with Gasteiger partial charge >= 0.3 is 12.1 Å². The van der Waals surface area contributed by atoms with Crippen molar-refractivity contribution >= 4 is 5.97 Å². The molecule has 0 aromatic rings. The number of carboxylic acid groups (broad SMARTS) is 1. The third-order valence-corrected chi connectivity index (χ3v) is 2.53. The summed E-state index contributed by atoms with van der Waals surface area (Å²) in [6.07, 6.45) is -5.80. The summed E-state index contributed by atoms with van der Waals surface area (Å²) in [4.78, 5) is 10.3. The molecule has 0 radical (unpaired) electrons. The molecule has 3 N–H and O–H groups in total. The van der Waals surface area contributed by atoms with Gasteiger partial charge in [-0.05, 0) is 11.8 Å². The summed E-state index contributed by atoms with van der Waals surface area (Å²) < 4.78 is 37.5. The zero-order valence-electron chi connectivity index (χ0n) is 9.64. The Kier molecular flexibility index (Phi) is 4.79. The highest BCUT2D eigenvalue weighted by Crippen LogP contribution is 2.35. The SMILES string of the molecule is CC(C)(C)[C@@H](N)C[C@H](CC(=O)O)C(F)(F)F. The van der Waals surface area contributed by atoms with Crippen LogP contribution in [0.25, 0.3) is 0 Å². The van der Waals surface area contributed by atoms with E-state index in [0.717, 1.165) is 0 Å². The van der Waals surface area contributed by atoms with Crippen molar-refractivity contribution in [3.05, 3.63) is 0 Å². The van der Waals surface area contributed by atoms with Gasteiger partial charge in [0.1, 0.15) is 0 Å². The lowest BCUT2D eigenvalue weighted by Crippen LogP contribution is -2.40. The molecule has 0 aliphatic heterocycles. The number of halogens is 3. The van der Waals surface area contributed by atoms with Crippen LogP contribution in [0.15, 0.2) is 0 Å². The zero-order valence-corrected chi connectivity index (χ0v) is 9.64. The predicted molar refractivity (Wildman–Crippen MR) is 53.8 cm³/mol. The molecule has 0 aliphatic rings. The molecule has 0 rings (SSSR count). The van der Waals surface area contributed by atoms with Crippen molar-refractivity contribution in [2.24, 2.45) is 17.1 Å². The molecule has 3 nitrogen and oxygen atoms in total. The van der Waals surface area contributed by atoms with E-state index in [1.54, 1.807) is 20.8 Å². The minimum atomic E-state index is -4.51. The highest BCUT2D eigenvalue weighted by Gasteiger charge is 2.42. The predicted octanol–water partition coefficient (Wildman–Crippen LogP) is 2.40. The molecule has 0 saturated heterocycles. The number of alkyl halides is 3. The number of carbonyl (C=O) groups is 1. The average molecular weight is 241 g/mol. The van der Waals surface area contributed by atoms with Crippen molar-refractivity contribution in [3.8, 4) is 0 Å². The van der Waals surface area contributed by atoms with E-state index in [0.29, 0.717) is 0 Å². The van der Waals surface area contributed by atoms with Crippen LogP contribution in [-0.4, -0.2) is 23.3 Å². The van der Waals surface area contributed by atoms with E-state index >= 15 is 0 Å². The molecule has 2 atom stereocenters. The van der Waals surface area contributed by atoms with Gasteiger partial charge in [-0.2, -0.15) is 13.2 Å². The molecule has 0 heterocycles. The number of carboxylic acids is 1. The van der Waals surface area contributed by atoms with Crippen LogP contribution in [0.2, 0.25) is 0 Å². The van der Waals surface area contributed by atoms with Crippen LogP contribution in [0, 0.1) is 11.3 Å². The largest absolute Gasteiger partial charge is 0.481 e. The van der Waals surface area contributed by atoms with Gasteiger partial charge in [-0.1, -0.05) is 20.8 Å². The smallest absolute Gasteiger partial charge is 0.392 e. The molecule has 16 heavy (non-hydrogen) atoms. The Hall–Kier alpha value is -0.780. The van der Waals surface area contributed by atoms with Gasteiger partial charge < -0.3 is 10.8 Å². The van der Waals surface area contributed by atoms with Crippen LogP contribution >= 0.6 is 0 Å². The fraction of sp³-hybridized carbons (Fsp3) is 0.900. The summed E-state index contributed by atoms with van der Waals surface area (Å²) in [5.74, 6) is -3.33. The van der Waals surface area contributed by atoms with Crippen molar-refractivity contribution in [3.63, 3.8) is 0 Å². The lowest BCUT2D eigenvalue weighted by molar-refractivity contribution is -0.186. The second kappa shape index (κ2) is 5.03. The molecule has 0 aliphatic carbocycles. The fourth-order valence-corrected chi connectivity index (χ4v) is 1.20. The highest BCUT2D eigenvalue weighted by atomic mass is 19.4. The summed E-state index contributed by atoms with van der Waals surface area (Å²) in [6, 6.07) is -0.682. The zero-order chi connectivity index (χ0) is 13.1. The molecular weight excluding hydrogens is 223 g/mol. The quantitative estimate of drug-likeness (QED) is 0.794. The van der Waals surface area contributed by atoms with Gasteiger partial charge in [0.05, 0.1) is 12.3 Å². The molecule has 6 heteroatoms. The number of hydrogen-bond donors (Lipinski definition) is 2. The van der Waals surface area contributed by atoms with E-state index in [1.807, 2.05) is 0 Å². The molecule has 0 saturated carbocycles. The first-order chi connectivity index (χ1) is 6.94. The van der Waals surface area contributed by atoms with Crippen LogP contribution < -0.4 is 5.73 Å². The monoisotopic (exact) mass is 241 g/mol. The molecular formula is C10H18F3NO2. The first-order valence-corrected chi connectivity index (χ1v) is 4.98. The average Bonchev–Trinajstić information content (AvgIpc) is 1.98. The second-order valence-electron chi connectivity index (χ2n) is 5.04. The minimum absolute atomic E-state index is 0.362. The Bertz CT molecular complexity index is 245. The van der Waals surface area contributed by atoms with Crippen molar-refractivity contribution in [2.45, 2.75) is 45.8 Å². The van der Waals surface area contributed by atoms with Gasteiger partial charge in [0.25, 0.3) is 0 Å². The van der Waals surface area contributed by atoms with E-state index in [-0.39, 0.29) is 6.42 Å². The molecule has 0 amide bonds. The van der Waals surface area contributed by atoms with Gasteiger partial charge in [-0.3, -0.25) is 4.79 Å². The number of aliphatic carboxylic acids is 1. The Morgan fingerprint density at radius 2 is 1.75 bits per heavy atom. The first-order valence-electron chi connectivity index (χ1n) is 4.98. The third kappa shape index (κ3) is 5.34. The van der Waals surface area contributed by atoms with Crippen LogP contribution in [0.4, 0.5) is 13.2 Å². The van der Waals surface area contributed by atoms with E-state index in [1.165, 1.54) is 0 Å². The molecule has 0 fully saturated rings. The van der Waals surface area contributed by atoms with E-state index < -0.39 is 35.9 Å². The Morgan fingerprint density at radius 3 is 2.00 bits per heavy atom. The Morgan fingerprint density at radius 1 is 1.31 bits per heavy atom. The lowest BCUT2D eigenvalue weighted by atomic mass is 9.81. The van der Waals surface area contributed by atoms with Gasteiger partial charge in [0.2, 0.25) is 0 Å². The molecule has 0 spiro atoms. The number of nitrogens with two attached hydrogens (primary N) is 1. The second-order valence-corrected chi connectivity index (χ2v) is 5.04. The van der Waals surface area contributed by atoms with E-state index in [4.69, 9.17) is 10.8 Å². The van der Waals surface area contributed by atoms with Gasteiger partial charge in [-0.25, -0.2) is 0 Å². The number of rotatable bonds is 4. The van der Waals surface area contributed by atoms with Crippen LogP contribution in [0.5, 0.6) is 0 Å². The van der Waals surface area contributed by atoms with Crippen LogP contribution in [-0.2, 0) is 4.79 Å². The van der Waals surface area contributed by atoms with Gasteiger partial charge in [0.15, 0.2) is 0 Å². The Labute approximate surface area is 92.8 Å². The van der Waals surface area contributed by atoms with Gasteiger partial charge in [0, 0.05) is 6.04 Å². The molecule has 0 aromatic carbocycles. The summed E-state index contributed by atoms with van der Waals surface area (Å²) in [5, 5.41) is 8.42. The summed E-state index contributed by atoms with van der Waals surface area (Å²) in [7, 11) is 0. The molecule has 0 bridgehead atoms. The van der Waals surface area contributed by atoms with E-state index in [9.17, 15) is 18.0 Å². The highest BCUT2D eigenvalue weighted by molar-refractivity contribution is 5.67.